The summed E-state index contributed by atoms with van der Waals surface area (Å²) in [6.07, 6.45) is 2.02. The maximum Gasteiger partial charge on any atom is 0.268 e. The van der Waals surface area contributed by atoms with Crippen LogP contribution < -0.4 is 10.9 Å². The number of amides is 2. The van der Waals surface area contributed by atoms with Gasteiger partial charge in [-0.3, -0.25) is 14.4 Å². The van der Waals surface area contributed by atoms with Crippen molar-refractivity contribution in [3.05, 3.63) is 34.2 Å². The molecular weight excluding hydrogens is 246 g/mol. The summed E-state index contributed by atoms with van der Waals surface area (Å²) in [4.78, 5) is 39.2. The van der Waals surface area contributed by atoms with E-state index in [2.05, 4.69) is 10.3 Å². The zero-order chi connectivity index (χ0) is 13.8. The third-order valence-corrected chi connectivity index (χ3v) is 3.15. The predicted octanol–water partition coefficient (Wildman–Crippen LogP) is 0.116. The molecule has 6 nitrogen and oxygen atoms in total. The lowest BCUT2D eigenvalue weighted by Gasteiger charge is -2.21. The van der Waals surface area contributed by atoms with Crippen LogP contribution in [0.4, 0.5) is 0 Å². The van der Waals surface area contributed by atoms with E-state index in [4.69, 9.17) is 0 Å². The Balaban J connectivity index is 1.98. The van der Waals surface area contributed by atoms with E-state index in [1.165, 1.54) is 18.2 Å². The third kappa shape index (κ3) is 3.21. The molecule has 1 fully saturated rings. The summed E-state index contributed by atoms with van der Waals surface area (Å²) in [5.74, 6) is -0.526. The molecule has 1 aromatic rings. The Morgan fingerprint density at radius 2 is 2.00 bits per heavy atom. The van der Waals surface area contributed by atoms with Gasteiger partial charge in [0.15, 0.2) is 0 Å². The fourth-order valence-electron chi connectivity index (χ4n) is 2.13. The van der Waals surface area contributed by atoms with Gasteiger partial charge < -0.3 is 15.2 Å². The summed E-state index contributed by atoms with van der Waals surface area (Å²) in [6, 6.07) is 3.74. The Labute approximate surface area is 110 Å². The summed E-state index contributed by atoms with van der Waals surface area (Å²) in [6.45, 7) is 3.15. The second kappa shape index (κ2) is 5.69. The van der Waals surface area contributed by atoms with Crippen LogP contribution in [0.2, 0.25) is 0 Å². The zero-order valence-electron chi connectivity index (χ0n) is 10.8. The van der Waals surface area contributed by atoms with E-state index in [0.717, 1.165) is 25.9 Å². The maximum atomic E-state index is 12.0. The molecule has 2 N–H and O–H groups in total. The number of rotatable bonds is 3. The molecule has 0 aromatic carbocycles. The van der Waals surface area contributed by atoms with Gasteiger partial charge in [-0.05, 0) is 25.8 Å². The second-order valence-electron chi connectivity index (χ2n) is 4.66. The summed E-state index contributed by atoms with van der Waals surface area (Å²) in [5, 5.41) is 2.60. The first-order valence-corrected chi connectivity index (χ1v) is 6.37. The van der Waals surface area contributed by atoms with Crippen LogP contribution in [-0.4, -0.2) is 40.8 Å². The number of carbonyl (C=O) groups is 2. The lowest BCUT2D eigenvalue weighted by Crippen LogP contribution is -2.46. The summed E-state index contributed by atoms with van der Waals surface area (Å²) in [7, 11) is 0. The minimum atomic E-state index is -0.589. The zero-order valence-corrected chi connectivity index (χ0v) is 10.8. The number of nitrogens with one attached hydrogen (secondary N) is 2. The average molecular weight is 263 g/mol. The first-order valence-electron chi connectivity index (χ1n) is 6.37. The van der Waals surface area contributed by atoms with Crippen LogP contribution in [0.3, 0.4) is 0 Å². The Morgan fingerprint density at radius 1 is 1.32 bits per heavy atom. The number of pyridine rings is 1. The maximum absolute atomic E-state index is 12.0. The highest BCUT2D eigenvalue weighted by atomic mass is 16.2. The molecule has 1 unspecified atom stereocenters. The van der Waals surface area contributed by atoms with Crippen LogP contribution in [0.1, 0.15) is 30.3 Å². The summed E-state index contributed by atoms with van der Waals surface area (Å²) < 4.78 is 0. The van der Waals surface area contributed by atoms with Crippen LogP contribution in [0, 0.1) is 0 Å². The quantitative estimate of drug-likeness (QED) is 0.812. The Morgan fingerprint density at radius 3 is 2.63 bits per heavy atom. The van der Waals surface area contributed by atoms with Gasteiger partial charge in [-0.1, -0.05) is 6.07 Å². The molecular formula is C13H17N3O3. The molecule has 2 amide bonds. The van der Waals surface area contributed by atoms with Gasteiger partial charge in [0.2, 0.25) is 11.5 Å². The second-order valence-corrected chi connectivity index (χ2v) is 4.66. The van der Waals surface area contributed by atoms with Crippen molar-refractivity contribution in [3.8, 4) is 0 Å². The number of aromatic amines is 1. The third-order valence-electron chi connectivity index (χ3n) is 3.15. The van der Waals surface area contributed by atoms with Gasteiger partial charge in [0.05, 0.1) is 0 Å². The lowest BCUT2D eigenvalue weighted by atomic mass is 10.2. The number of H-pyrrole nitrogens is 1. The van der Waals surface area contributed by atoms with Gasteiger partial charge in [0.25, 0.3) is 5.91 Å². The smallest absolute Gasteiger partial charge is 0.268 e. The number of likely N-dealkylation sites (tertiary alicyclic amines) is 1. The van der Waals surface area contributed by atoms with Gasteiger partial charge in [-0.25, -0.2) is 0 Å². The lowest BCUT2D eigenvalue weighted by molar-refractivity contribution is -0.131. The van der Waals surface area contributed by atoms with Crippen molar-refractivity contribution >= 4 is 11.8 Å². The molecule has 0 radical (unpaired) electrons. The molecule has 0 aliphatic carbocycles. The first kappa shape index (κ1) is 13.3. The molecule has 1 atom stereocenters. The van der Waals surface area contributed by atoms with Gasteiger partial charge in [-0.2, -0.15) is 0 Å². The van der Waals surface area contributed by atoms with Crippen LogP contribution in [-0.2, 0) is 4.79 Å². The molecule has 1 aliphatic heterocycles. The van der Waals surface area contributed by atoms with Gasteiger partial charge >= 0.3 is 0 Å². The molecule has 1 aliphatic rings. The largest absolute Gasteiger partial charge is 0.341 e. The molecule has 2 rings (SSSR count). The highest BCUT2D eigenvalue weighted by Gasteiger charge is 2.24. The molecule has 0 spiro atoms. The van der Waals surface area contributed by atoms with E-state index in [0.29, 0.717) is 0 Å². The van der Waals surface area contributed by atoms with Gasteiger partial charge in [0, 0.05) is 19.2 Å². The Bertz CT molecular complexity index is 532. The predicted molar refractivity (Wildman–Crippen MR) is 69.8 cm³/mol. The summed E-state index contributed by atoms with van der Waals surface area (Å²) >= 11 is 0. The minimum absolute atomic E-state index is 0.0795. The number of hydrogen-bond acceptors (Lipinski definition) is 3. The topological polar surface area (TPSA) is 82.3 Å². The van der Waals surface area contributed by atoms with Gasteiger partial charge in [-0.15, -0.1) is 0 Å². The fraction of sp³-hybridized carbons (Fsp3) is 0.462. The Hall–Kier alpha value is -2.11. The number of carbonyl (C=O) groups excluding carboxylic acids is 2. The SMILES string of the molecule is CC(NC(=O)c1cccc(=O)[nH]1)C(=O)N1CCCC1. The molecule has 102 valence electrons. The van der Waals surface area contributed by atoms with Crippen molar-refractivity contribution < 1.29 is 9.59 Å². The van der Waals surface area contributed by atoms with Crippen molar-refractivity contribution in [1.29, 1.82) is 0 Å². The highest BCUT2D eigenvalue weighted by Crippen LogP contribution is 2.09. The number of nitrogens with zero attached hydrogens (tertiary/aromatic N) is 1. The number of hydrogen-bond donors (Lipinski definition) is 2. The van der Waals surface area contributed by atoms with E-state index in [-0.39, 0.29) is 17.2 Å². The van der Waals surface area contributed by atoms with E-state index >= 15 is 0 Å². The summed E-state index contributed by atoms with van der Waals surface area (Å²) in [5.41, 5.74) is -0.181. The van der Waals surface area contributed by atoms with E-state index in [9.17, 15) is 14.4 Å². The molecule has 1 saturated heterocycles. The van der Waals surface area contributed by atoms with Crippen molar-refractivity contribution in [2.45, 2.75) is 25.8 Å². The van der Waals surface area contributed by atoms with Crippen molar-refractivity contribution in [2.24, 2.45) is 0 Å². The van der Waals surface area contributed by atoms with Crippen LogP contribution in [0.5, 0.6) is 0 Å². The molecule has 0 bridgehead atoms. The first-order chi connectivity index (χ1) is 9.08. The van der Waals surface area contributed by atoms with Crippen molar-refractivity contribution in [2.75, 3.05) is 13.1 Å². The highest BCUT2D eigenvalue weighted by molar-refractivity contribution is 5.95. The average Bonchev–Trinajstić information content (AvgIpc) is 2.91. The van der Waals surface area contributed by atoms with Crippen molar-refractivity contribution in [3.63, 3.8) is 0 Å². The van der Waals surface area contributed by atoms with Crippen LogP contribution >= 0.6 is 0 Å². The van der Waals surface area contributed by atoms with Gasteiger partial charge in [0.1, 0.15) is 11.7 Å². The fourth-order valence-corrected chi connectivity index (χ4v) is 2.13. The normalized spacial score (nSPS) is 16.2. The molecule has 2 heterocycles. The van der Waals surface area contributed by atoms with Crippen LogP contribution in [0.25, 0.3) is 0 Å². The molecule has 1 aromatic heterocycles. The van der Waals surface area contributed by atoms with E-state index in [1.54, 1.807) is 11.8 Å². The molecule has 0 saturated carbocycles. The molecule has 6 heteroatoms. The van der Waals surface area contributed by atoms with Crippen LogP contribution in [0.15, 0.2) is 23.0 Å². The molecule has 19 heavy (non-hydrogen) atoms. The monoisotopic (exact) mass is 263 g/mol. The minimum Gasteiger partial charge on any atom is -0.341 e. The Kier molecular flexibility index (Phi) is 3.99. The number of aromatic nitrogens is 1. The van der Waals surface area contributed by atoms with E-state index in [1.807, 2.05) is 0 Å². The van der Waals surface area contributed by atoms with E-state index < -0.39 is 11.9 Å². The standard InChI is InChI=1S/C13H17N3O3/c1-9(13(19)16-7-2-3-8-16)14-12(18)10-5-4-6-11(17)15-10/h4-6,9H,2-3,7-8H2,1H3,(H,14,18)(H,15,17). The van der Waals surface area contributed by atoms with Crippen molar-refractivity contribution in [1.82, 2.24) is 15.2 Å².